The lowest BCUT2D eigenvalue weighted by atomic mass is 9.91. The lowest BCUT2D eigenvalue weighted by Crippen LogP contribution is -2.50. The van der Waals surface area contributed by atoms with Crippen LogP contribution in [0.5, 0.6) is 0 Å². The van der Waals surface area contributed by atoms with Crippen molar-refractivity contribution in [1.29, 1.82) is 0 Å². The van der Waals surface area contributed by atoms with E-state index < -0.39 is 5.60 Å². The van der Waals surface area contributed by atoms with Crippen LogP contribution in [-0.2, 0) is 16.1 Å². The minimum atomic E-state index is -1.06. The topological polar surface area (TPSA) is 124 Å². The van der Waals surface area contributed by atoms with Crippen LogP contribution in [0.15, 0.2) is 53.8 Å². The first-order valence-electron chi connectivity index (χ1n) is 13.9. The Morgan fingerprint density at radius 3 is 2.48 bits per heavy atom. The number of amides is 1. The number of benzene rings is 1. The van der Waals surface area contributed by atoms with Crippen molar-refractivity contribution < 1.29 is 14.6 Å². The van der Waals surface area contributed by atoms with E-state index in [2.05, 4.69) is 15.0 Å². The SMILES string of the molecule is O=C(C1CC1)N1CCC(O)(Cn2cnc3c(cnn3-c3ccc(-n4ccc(N5CCOCC5)n4)cc3)c2=O)CC1. The summed E-state index contributed by atoms with van der Waals surface area (Å²) in [6, 6.07) is 9.75. The van der Waals surface area contributed by atoms with Crippen molar-refractivity contribution in [3.05, 3.63) is 59.4 Å². The number of carbonyl (C=O) groups is 1. The van der Waals surface area contributed by atoms with Crippen LogP contribution in [0.4, 0.5) is 5.82 Å². The zero-order valence-electron chi connectivity index (χ0n) is 22.2. The number of hydrogen-bond donors (Lipinski definition) is 1. The van der Waals surface area contributed by atoms with Gasteiger partial charge in [-0.3, -0.25) is 14.2 Å². The number of likely N-dealkylation sites (tertiary alicyclic amines) is 1. The van der Waals surface area contributed by atoms with E-state index >= 15 is 0 Å². The van der Waals surface area contributed by atoms with Gasteiger partial charge in [0, 0.05) is 44.4 Å². The molecule has 1 aromatic carbocycles. The Hall–Kier alpha value is -4.03. The van der Waals surface area contributed by atoms with E-state index in [1.54, 1.807) is 4.68 Å². The van der Waals surface area contributed by atoms with Gasteiger partial charge in [0.25, 0.3) is 5.56 Å². The van der Waals surface area contributed by atoms with Gasteiger partial charge in [-0.15, -0.1) is 0 Å². The molecule has 2 aliphatic heterocycles. The van der Waals surface area contributed by atoms with Crippen LogP contribution >= 0.6 is 0 Å². The summed E-state index contributed by atoms with van der Waals surface area (Å²) in [4.78, 5) is 34.3. The molecule has 4 aromatic rings. The summed E-state index contributed by atoms with van der Waals surface area (Å²) in [6.07, 6.45) is 7.76. The van der Waals surface area contributed by atoms with Crippen LogP contribution in [0.1, 0.15) is 25.7 Å². The maximum Gasteiger partial charge on any atom is 0.264 e. The Labute approximate surface area is 230 Å². The zero-order valence-corrected chi connectivity index (χ0v) is 22.2. The first-order valence-corrected chi connectivity index (χ1v) is 13.9. The van der Waals surface area contributed by atoms with Crippen molar-refractivity contribution in [3.8, 4) is 11.4 Å². The first kappa shape index (κ1) is 25.0. The molecule has 5 heterocycles. The molecule has 1 amide bonds. The number of piperidine rings is 1. The fourth-order valence-corrected chi connectivity index (χ4v) is 5.62. The van der Waals surface area contributed by atoms with Gasteiger partial charge in [-0.1, -0.05) is 0 Å². The molecular weight excluding hydrogens is 512 g/mol. The summed E-state index contributed by atoms with van der Waals surface area (Å²) in [7, 11) is 0. The van der Waals surface area contributed by atoms with Gasteiger partial charge in [0.05, 0.1) is 42.9 Å². The van der Waals surface area contributed by atoms with E-state index in [1.165, 1.54) is 17.1 Å². The summed E-state index contributed by atoms with van der Waals surface area (Å²) in [5.41, 5.74) is 0.840. The molecule has 3 aliphatic rings. The summed E-state index contributed by atoms with van der Waals surface area (Å²) in [5, 5.41) is 20.7. The normalized spacial score (nSPS) is 19.3. The molecule has 0 unspecified atom stereocenters. The lowest BCUT2D eigenvalue weighted by molar-refractivity contribution is -0.137. The van der Waals surface area contributed by atoms with Gasteiger partial charge in [-0.2, -0.15) is 10.2 Å². The van der Waals surface area contributed by atoms with Gasteiger partial charge in [-0.05, 0) is 49.9 Å². The number of morpholine rings is 1. The van der Waals surface area contributed by atoms with Crippen molar-refractivity contribution in [1.82, 2.24) is 34.0 Å². The van der Waals surface area contributed by atoms with Crippen LogP contribution in [-0.4, -0.2) is 90.0 Å². The fourth-order valence-electron chi connectivity index (χ4n) is 5.62. The number of aromatic nitrogens is 6. The highest BCUT2D eigenvalue weighted by Gasteiger charge is 2.39. The molecule has 3 fully saturated rings. The molecule has 40 heavy (non-hydrogen) atoms. The highest BCUT2D eigenvalue weighted by molar-refractivity contribution is 5.81. The van der Waals surface area contributed by atoms with Gasteiger partial charge in [0.2, 0.25) is 5.91 Å². The molecule has 2 saturated heterocycles. The summed E-state index contributed by atoms with van der Waals surface area (Å²) in [5.74, 6) is 1.30. The maximum absolute atomic E-state index is 13.3. The second kappa shape index (κ2) is 9.86. The third kappa shape index (κ3) is 4.66. The third-order valence-corrected chi connectivity index (χ3v) is 8.22. The number of rotatable bonds is 6. The second-order valence-electron chi connectivity index (χ2n) is 11.0. The Morgan fingerprint density at radius 2 is 1.75 bits per heavy atom. The Balaban J connectivity index is 1.07. The van der Waals surface area contributed by atoms with Gasteiger partial charge in [0.1, 0.15) is 11.7 Å². The highest BCUT2D eigenvalue weighted by Crippen LogP contribution is 2.33. The van der Waals surface area contributed by atoms with Crippen LogP contribution in [0, 0.1) is 5.92 Å². The van der Waals surface area contributed by atoms with Gasteiger partial charge in [0.15, 0.2) is 11.5 Å². The predicted octanol–water partition coefficient (Wildman–Crippen LogP) is 1.37. The standard InChI is InChI=1S/C28H32N8O4/c37-26(20-1-2-20)33-11-8-28(39,9-12-33)18-34-19-29-25-23(27(34)38)17-30-36(25)22-5-3-21(4-6-22)35-10-7-24(31-35)32-13-15-40-16-14-32/h3-7,10,17,19-20,39H,1-2,8-9,11-16,18H2. The van der Waals surface area contributed by atoms with Crippen LogP contribution in [0.25, 0.3) is 22.4 Å². The summed E-state index contributed by atoms with van der Waals surface area (Å²) < 4.78 is 10.4. The van der Waals surface area contributed by atoms with Gasteiger partial charge >= 0.3 is 0 Å². The largest absolute Gasteiger partial charge is 0.388 e. The fraction of sp³-hybridized carbons (Fsp3) is 0.464. The number of carbonyl (C=O) groups excluding carboxylic acids is 1. The molecule has 3 aromatic heterocycles. The number of nitrogens with zero attached hydrogens (tertiary/aromatic N) is 8. The molecule has 12 heteroatoms. The summed E-state index contributed by atoms with van der Waals surface area (Å²) in [6.45, 7) is 4.23. The van der Waals surface area contributed by atoms with Crippen LogP contribution in [0.3, 0.4) is 0 Å². The Bertz CT molecular complexity index is 1590. The van der Waals surface area contributed by atoms with E-state index in [0.29, 0.717) is 50.2 Å². The van der Waals surface area contributed by atoms with Crippen LogP contribution < -0.4 is 10.5 Å². The minimum Gasteiger partial charge on any atom is -0.388 e. The molecule has 7 rings (SSSR count). The van der Waals surface area contributed by atoms with E-state index in [9.17, 15) is 14.7 Å². The molecule has 208 valence electrons. The number of ether oxygens (including phenoxy) is 1. The molecule has 0 atom stereocenters. The van der Waals surface area contributed by atoms with Crippen molar-refractivity contribution >= 4 is 22.8 Å². The van der Waals surface area contributed by atoms with Gasteiger partial charge < -0.3 is 19.6 Å². The molecule has 1 saturated carbocycles. The van der Waals surface area contributed by atoms with E-state index in [0.717, 1.165) is 43.1 Å². The molecule has 0 spiro atoms. The van der Waals surface area contributed by atoms with Crippen LogP contribution in [0.2, 0.25) is 0 Å². The van der Waals surface area contributed by atoms with Crippen molar-refractivity contribution in [3.63, 3.8) is 0 Å². The van der Waals surface area contributed by atoms with Gasteiger partial charge in [-0.25, -0.2) is 14.3 Å². The molecular formula is C28H32N8O4. The number of fused-ring (bicyclic) bond motifs is 1. The first-order chi connectivity index (χ1) is 19.5. The second-order valence-corrected chi connectivity index (χ2v) is 11.0. The number of aliphatic hydroxyl groups is 1. The number of hydrogen-bond acceptors (Lipinski definition) is 8. The number of anilines is 1. The molecule has 0 radical (unpaired) electrons. The molecule has 1 aliphatic carbocycles. The van der Waals surface area contributed by atoms with E-state index in [1.807, 2.05) is 46.1 Å². The van der Waals surface area contributed by atoms with E-state index in [-0.39, 0.29) is 23.9 Å². The minimum absolute atomic E-state index is 0.135. The Morgan fingerprint density at radius 1 is 1.02 bits per heavy atom. The smallest absolute Gasteiger partial charge is 0.264 e. The molecule has 12 nitrogen and oxygen atoms in total. The maximum atomic E-state index is 13.3. The monoisotopic (exact) mass is 544 g/mol. The third-order valence-electron chi connectivity index (χ3n) is 8.22. The van der Waals surface area contributed by atoms with Crippen molar-refractivity contribution in [2.24, 2.45) is 5.92 Å². The average molecular weight is 545 g/mol. The molecule has 0 bridgehead atoms. The Kier molecular flexibility index (Phi) is 6.16. The van der Waals surface area contributed by atoms with Crippen molar-refractivity contribution in [2.75, 3.05) is 44.3 Å². The quantitative estimate of drug-likeness (QED) is 0.386. The zero-order chi connectivity index (χ0) is 27.3. The van der Waals surface area contributed by atoms with E-state index in [4.69, 9.17) is 9.84 Å². The predicted molar refractivity (Wildman–Crippen MR) is 147 cm³/mol. The highest BCUT2D eigenvalue weighted by atomic mass is 16.5. The van der Waals surface area contributed by atoms with Crippen molar-refractivity contribution in [2.45, 2.75) is 37.8 Å². The average Bonchev–Trinajstić information content (AvgIpc) is 3.55. The molecule has 1 N–H and O–H groups in total. The lowest BCUT2D eigenvalue weighted by Gasteiger charge is -2.38. The summed E-state index contributed by atoms with van der Waals surface area (Å²) >= 11 is 0.